The highest BCUT2D eigenvalue weighted by Crippen LogP contribution is 2.29. The van der Waals surface area contributed by atoms with Gasteiger partial charge in [0, 0.05) is 13.0 Å². The van der Waals surface area contributed by atoms with Crippen LogP contribution in [0.15, 0.2) is 18.2 Å². The molecular weight excluding hydrogens is 266 g/mol. The molecule has 0 aromatic heterocycles. The van der Waals surface area contributed by atoms with E-state index in [1.807, 2.05) is 19.9 Å². The molecule has 1 aromatic rings. The van der Waals surface area contributed by atoms with Crippen molar-refractivity contribution >= 4 is 23.5 Å². The van der Waals surface area contributed by atoms with Crippen LogP contribution in [0.3, 0.4) is 0 Å². The van der Waals surface area contributed by atoms with Crippen LogP contribution in [-0.2, 0) is 9.59 Å². The Kier molecular flexibility index (Phi) is 3.80. The minimum Gasteiger partial charge on any atom is -0.479 e. The van der Waals surface area contributed by atoms with Gasteiger partial charge in [0.2, 0.25) is 5.91 Å². The molecule has 1 amide bonds. The van der Waals surface area contributed by atoms with Crippen LogP contribution in [0.1, 0.15) is 29.2 Å². The van der Waals surface area contributed by atoms with Crippen molar-refractivity contribution in [2.24, 2.45) is 0 Å². The van der Waals surface area contributed by atoms with Crippen molar-refractivity contribution in [3.05, 3.63) is 34.9 Å². The fourth-order valence-corrected chi connectivity index (χ4v) is 2.84. The zero-order valence-electron chi connectivity index (χ0n) is 10.9. The third kappa shape index (κ3) is 2.89. The number of aliphatic carboxylic acids is 1. The van der Waals surface area contributed by atoms with Gasteiger partial charge in [-0.15, -0.1) is 11.6 Å². The highest BCUT2D eigenvalue weighted by molar-refractivity contribution is 6.22. The fourth-order valence-electron chi connectivity index (χ4n) is 2.56. The molecule has 2 rings (SSSR count). The number of rotatable bonds is 3. The molecule has 1 saturated heterocycles. The van der Waals surface area contributed by atoms with Crippen molar-refractivity contribution in [1.82, 2.24) is 4.90 Å². The number of amides is 1. The third-order valence-corrected chi connectivity index (χ3v) is 3.51. The Balaban J connectivity index is 2.40. The topological polar surface area (TPSA) is 57.6 Å². The summed E-state index contributed by atoms with van der Waals surface area (Å²) in [5, 5.41) is 9.13. The summed E-state index contributed by atoms with van der Waals surface area (Å²) >= 11 is 5.95. The van der Waals surface area contributed by atoms with Crippen LogP contribution in [0.25, 0.3) is 0 Å². The van der Waals surface area contributed by atoms with E-state index in [1.54, 1.807) is 12.1 Å². The predicted octanol–water partition coefficient (Wildman–Crippen LogP) is 2.27. The summed E-state index contributed by atoms with van der Waals surface area (Å²) in [6.45, 7) is 4.10. The number of carboxylic acid groups (broad SMARTS) is 1. The van der Waals surface area contributed by atoms with Gasteiger partial charge in [-0.3, -0.25) is 4.79 Å². The maximum atomic E-state index is 11.9. The number of hydrogen-bond donors (Lipinski definition) is 1. The van der Waals surface area contributed by atoms with Crippen LogP contribution in [0, 0.1) is 13.8 Å². The van der Waals surface area contributed by atoms with Crippen molar-refractivity contribution in [2.45, 2.75) is 31.7 Å². The maximum absolute atomic E-state index is 11.9. The zero-order valence-corrected chi connectivity index (χ0v) is 11.6. The normalized spacial score (nSPS) is 20.7. The number of nitrogens with zero attached hydrogens (tertiary/aromatic N) is 1. The van der Waals surface area contributed by atoms with Gasteiger partial charge in [0.1, 0.15) is 0 Å². The number of carbonyl (C=O) groups excluding carboxylic acids is 1. The SMILES string of the molecule is Cc1cc(C)cc(C(C(=O)O)N2CC(Cl)CC2=O)c1. The molecule has 19 heavy (non-hydrogen) atoms. The van der Waals surface area contributed by atoms with Crippen LogP contribution >= 0.6 is 11.6 Å². The van der Waals surface area contributed by atoms with Crippen LogP contribution in [0.2, 0.25) is 0 Å². The fraction of sp³-hybridized carbons (Fsp3) is 0.429. The van der Waals surface area contributed by atoms with Crippen molar-refractivity contribution in [3.8, 4) is 0 Å². The summed E-state index contributed by atoms with van der Waals surface area (Å²) in [6.07, 6.45) is 0.204. The van der Waals surface area contributed by atoms with Crippen LogP contribution in [0.4, 0.5) is 0 Å². The molecule has 102 valence electrons. The van der Waals surface area contributed by atoms with Gasteiger partial charge in [0.05, 0.1) is 5.38 Å². The lowest BCUT2D eigenvalue weighted by atomic mass is 10.0. The molecule has 1 aliphatic heterocycles. The van der Waals surface area contributed by atoms with E-state index in [0.29, 0.717) is 5.56 Å². The van der Waals surface area contributed by atoms with Gasteiger partial charge in [-0.05, 0) is 19.4 Å². The Labute approximate surface area is 117 Å². The second kappa shape index (κ2) is 5.21. The zero-order chi connectivity index (χ0) is 14.2. The Morgan fingerprint density at radius 2 is 1.95 bits per heavy atom. The minimum atomic E-state index is -1.02. The summed E-state index contributed by atoms with van der Waals surface area (Å²) in [4.78, 5) is 24.7. The first-order chi connectivity index (χ1) is 8.88. The average molecular weight is 282 g/mol. The Bertz CT molecular complexity index is 509. The molecule has 4 nitrogen and oxygen atoms in total. The lowest BCUT2D eigenvalue weighted by Gasteiger charge is -2.25. The van der Waals surface area contributed by atoms with Crippen molar-refractivity contribution in [2.75, 3.05) is 6.54 Å². The van der Waals surface area contributed by atoms with Gasteiger partial charge in [-0.25, -0.2) is 4.79 Å². The standard InChI is InChI=1S/C14H16ClNO3/c1-8-3-9(2)5-10(4-8)13(14(18)19)16-7-11(15)6-12(16)17/h3-5,11,13H,6-7H2,1-2H3,(H,18,19). The van der Waals surface area contributed by atoms with E-state index in [2.05, 4.69) is 0 Å². The molecule has 0 bridgehead atoms. The van der Waals surface area contributed by atoms with Gasteiger partial charge >= 0.3 is 5.97 Å². The third-order valence-electron chi connectivity index (χ3n) is 3.22. The Hall–Kier alpha value is -1.55. The van der Waals surface area contributed by atoms with E-state index >= 15 is 0 Å². The van der Waals surface area contributed by atoms with E-state index < -0.39 is 12.0 Å². The summed E-state index contributed by atoms with van der Waals surface area (Å²) in [5.41, 5.74) is 2.59. The van der Waals surface area contributed by atoms with Gasteiger partial charge < -0.3 is 10.0 Å². The first-order valence-corrected chi connectivity index (χ1v) is 6.56. The Morgan fingerprint density at radius 1 is 1.37 bits per heavy atom. The lowest BCUT2D eigenvalue weighted by Crippen LogP contribution is -2.35. The molecule has 5 heteroatoms. The Morgan fingerprint density at radius 3 is 2.37 bits per heavy atom. The first-order valence-electron chi connectivity index (χ1n) is 6.13. The average Bonchev–Trinajstić information content (AvgIpc) is 2.56. The van der Waals surface area contributed by atoms with Crippen molar-refractivity contribution < 1.29 is 14.7 Å². The van der Waals surface area contributed by atoms with E-state index in [0.717, 1.165) is 11.1 Å². The number of carbonyl (C=O) groups is 2. The van der Waals surface area contributed by atoms with Crippen molar-refractivity contribution in [1.29, 1.82) is 0 Å². The maximum Gasteiger partial charge on any atom is 0.331 e. The van der Waals surface area contributed by atoms with Crippen LogP contribution in [-0.4, -0.2) is 33.8 Å². The first kappa shape index (κ1) is 13.9. The summed E-state index contributed by atoms with van der Waals surface area (Å²) in [5.74, 6) is -1.23. The lowest BCUT2D eigenvalue weighted by molar-refractivity contribution is -0.148. The van der Waals surface area contributed by atoms with Crippen LogP contribution in [0.5, 0.6) is 0 Å². The predicted molar refractivity (Wildman–Crippen MR) is 72.3 cm³/mol. The quantitative estimate of drug-likeness (QED) is 0.865. The molecule has 2 unspecified atom stereocenters. The number of halogens is 1. The number of aryl methyl sites for hydroxylation is 2. The van der Waals surface area contributed by atoms with E-state index in [9.17, 15) is 14.7 Å². The molecule has 1 heterocycles. The van der Waals surface area contributed by atoms with Gasteiger partial charge in [0.25, 0.3) is 0 Å². The number of benzene rings is 1. The molecule has 0 saturated carbocycles. The highest BCUT2D eigenvalue weighted by Gasteiger charge is 2.37. The minimum absolute atomic E-state index is 0.202. The van der Waals surface area contributed by atoms with E-state index in [-0.39, 0.29) is 24.2 Å². The number of hydrogen-bond acceptors (Lipinski definition) is 2. The molecule has 1 aliphatic rings. The molecule has 0 aliphatic carbocycles. The number of alkyl halides is 1. The summed E-state index contributed by atoms with van der Waals surface area (Å²) < 4.78 is 0. The molecule has 0 radical (unpaired) electrons. The monoisotopic (exact) mass is 281 g/mol. The van der Waals surface area contributed by atoms with Gasteiger partial charge in [-0.1, -0.05) is 29.3 Å². The summed E-state index contributed by atoms with van der Waals surface area (Å²) in [6, 6.07) is 4.63. The molecule has 0 spiro atoms. The number of carboxylic acids is 1. The van der Waals surface area contributed by atoms with E-state index in [4.69, 9.17) is 11.6 Å². The molecule has 2 atom stereocenters. The smallest absolute Gasteiger partial charge is 0.331 e. The van der Waals surface area contributed by atoms with Gasteiger partial charge in [0.15, 0.2) is 6.04 Å². The van der Waals surface area contributed by atoms with Crippen molar-refractivity contribution in [3.63, 3.8) is 0 Å². The summed E-state index contributed by atoms with van der Waals surface area (Å²) in [7, 11) is 0. The van der Waals surface area contributed by atoms with E-state index in [1.165, 1.54) is 4.90 Å². The second-order valence-corrected chi connectivity index (χ2v) is 5.63. The number of likely N-dealkylation sites (tertiary alicyclic amines) is 1. The molecule has 1 fully saturated rings. The molecular formula is C14H16ClNO3. The highest BCUT2D eigenvalue weighted by atomic mass is 35.5. The largest absolute Gasteiger partial charge is 0.479 e. The second-order valence-electron chi connectivity index (χ2n) is 5.01. The molecule has 1 aromatic carbocycles. The van der Waals surface area contributed by atoms with Gasteiger partial charge in [-0.2, -0.15) is 0 Å². The molecule has 1 N–H and O–H groups in total. The van der Waals surface area contributed by atoms with Crippen LogP contribution < -0.4 is 0 Å².